The summed E-state index contributed by atoms with van der Waals surface area (Å²) in [6.07, 6.45) is 3.77. The molecule has 0 bridgehead atoms. The average Bonchev–Trinajstić information content (AvgIpc) is 3.26. The summed E-state index contributed by atoms with van der Waals surface area (Å²) in [5.74, 6) is 0.544. The maximum atomic E-state index is 13.2. The SMILES string of the molecule is CCN1CCN(C(C)c2c(C)c(C(=O)OC(C)C)cc3c(-c4ccnc(NC)c4)ccn23)CC1. The van der Waals surface area contributed by atoms with Gasteiger partial charge in [0.15, 0.2) is 0 Å². The summed E-state index contributed by atoms with van der Waals surface area (Å²) in [5.41, 5.74) is 5.90. The maximum absolute atomic E-state index is 13.2. The van der Waals surface area contributed by atoms with E-state index in [0.29, 0.717) is 5.56 Å². The number of rotatable bonds is 7. The second kappa shape index (κ2) is 10.2. The van der Waals surface area contributed by atoms with Gasteiger partial charge in [-0.3, -0.25) is 4.90 Å². The summed E-state index contributed by atoms with van der Waals surface area (Å²) >= 11 is 0. The number of hydrogen-bond donors (Lipinski definition) is 1. The minimum absolute atomic E-state index is 0.166. The smallest absolute Gasteiger partial charge is 0.338 e. The number of likely N-dealkylation sites (N-methyl/N-ethyl adjacent to an activating group) is 1. The molecule has 7 nitrogen and oxygen atoms in total. The highest BCUT2D eigenvalue weighted by Gasteiger charge is 2.27. The molecule has 0 aromatic carbocycles. The number of aromatic nitrogens is 2. The first-order chi connectivity index (χ1) is 16.3. The van der Waals surface area contributed by atoms with Crippen molar-refractivity contribution in [3.8, 4) is 11.1 Å². The van der Waals surface area contributed by atoms with Gasteiger partial charge < -0.3 is 19.4 Å². The number of ether oxygens (including phenoxy) is 1. The minimum atomic E-state index is -0.267. The Hall–Kier alpha value is -2.90. The third-order valence-corrected chi connectivity index (χ3v) is 6.94. The van der Waals surface area contributed by atoms with Gasteiger partial charge in [-0.15, -0.1) is 0 Å². The van der Waals surface area contributed by atoms with E-state index in [1.165, 1.54) is 0 Å². The monoisotopic (exact) mass is 463 g/mol. The molecule has 1 fully saturated rings. The number of nitrogens with one attached hydrogen (secondary N) is 1. The van der Waals surface area contributed by atoms with Crippen molar-refractivity contribution in [2.75, 3.05) is 45.1 Å². The summed E-state index contributed by atoms with van der Waals surface area (Å²) in [6.45, 7) is 15.6. The van der Waals surface area contributed by atoms with Crippen LogP contribution in [0.4, 0.5) is 5.82 Å². The van der Waals surface area contributed by atoms with Crippen LogP contribution in [0.2, 0.25) is 0 Å². The summed E-state index contributed by atoms with van der Waals surface area (Å²) in [5, 5.41) is 3.12. The van der Waals surface area contributed by atoms with Crippen molar-refractivity contribution in [1.29, 1.82) is 0 Å². The fraction of sp³-hybridized carbons (Fsp3) is 0.481. The van der Waals surface area contributed by atoms with Crippen LogP contribution in [-0.2, 0) is 4.74 Å². The molecule has 1 unspecified atom stereocenters. The van der Waals surface area contributed by atoms with Gasteiger partial charge in [0.25, 0.3) is 0 Å². The number of pyridine rings is 2. The van der Waals surface area contributed by atoms with E-state index in [0.717, 1.165) is 66.4 Å². The lowest BCUT2D eigenvalue weighted by atomic mass is 9.99. The topological polar surface area (TPSA) is 62.1 Å². The molecule has 4 rings (SSSR count). The molecule has 7 heteroatoms. The van der Waals surface area contributed by atoms with Crippen LogP contribution in [0.3, 0.4) is 0 Å². The normalized spacial score (nSPS) is 16.2. The molecule has 0 radical (unpaired) electrons. The Morgan fingerprint density at radius 2 is 1.88 bits per heavy atom. The zero-order valence-electron chi connectivity index (χ0n) is 21.3. The summed E-state index contributed by atoms with van der Waals surface area (Å²) in [6, 6.07) is 8.33. The van der Waals surface area contributed by atoms with Crippen molar-refractivity contribution in [1.82, 2.24) is 19.2 Å². The van der Waals surface area contributed by atoms with Gasteiger partial charge in [-0.25, -0.2) is 9.78 Å². The van der Waals surface area contributed by atoms with Crippen LogP contribution in [0.5, 0.6) is 0 Å². The fourth-order valence-electron chi connectivity index (χ4n) is 4.99. The molecule has 1 N–H and O–H groups in total. The van der Waals surface area contributed by atoms with Crippen LogP contribution < -0.4 is 5.32 Å². The van der Waals surface area contributed by atoms with E-state index < -0.39 is 0 Å². The molecule has 0 saturated carbocycles. The van der Waals surface area contributed by atoms with E-state index in [1.807, 2.05) is 45.3 Å². The molecule has 4 heterocycles. The Kier molecular flexibility index (Phi) is 7.24. The van der Waals surface area contributed by atoms with Crippen molar-refractivity contribution in [3.63, 3.8) is 0 Å². The summed E-state index contributed by atoms with van der Waals surface area (Å²) < 4.78 is 7.90. The van der Waals surface area contributed by atoms with Gasteiger partial charge in [-0.1, -0.05) is 6.92 Å². The number of carbonyl (C=O) groups is 1. The third-order valence-electron chi connectivity index (χ3n) is 6.94. The van der Waals surface area contributed by atoms with Gasteiger partial charge in [0, 0.05) is 62.9 Å². The highest BCUT2D eigenvalue weighted by atomic mass is 16.5. The van der Waals surface area contributed by atoms with Crippen LogP contribution in [0.15, 0.2) is 36.7 Å². The third kappa shape index (κ3) is 4.68. The number of nitrogens with zero attached hydrogens (tertiary/aromatic N) is 4. The van der Waals surface area contributed by atoms with Crippen LogP contribution >= 0.6 is 0 Å². The van der Waals surface area contributed by atoms with E-state index >= 15 is 0 Å². The number of fused-ring (bicyclic) bond motifs is 1. The molecular weight excluding hydrogens is 426 g/mol. The number of hydrogen-bond acceptors (Lipinski definition) is 6. The van der Waals surface area contributed by atoms with Crippen LogP contribution in [0.1, 0.15) is 55.4 Å². The van der Waals surface area contributed by atoms with Gasteiger partial charge in [0.1, 0.15) is 5.82 Å². The van der Waals surface area contributed by atoms with E-state index in [-0.39, 0.29) is 18.1 Å². The molecule has 0 aliphatic carbocycles. The predicted octanol–water partition coefficient (Wildman–Crippen LogP) is 4.62. The van der Waals surface area contributed by atoms with E-state index in [1.54, 1.807) is 0 Å². The van der Waals surface area contributed by atoms with E-state index in [2.05, 4.69) is 57.5 Å². The Labute approximate surface area is 202 Å². The Balaban J connectivity index is 1.85. The molecule has 1 aliphatic heterocycles. The lowest BCUT2D eigenvalue weighted by Crippen LogP contribution is -2.47. The first kappa shape index (κ1) is 24.2. The van der Waals surface area contributed by atoms with Crippen molar-refractivity contribution in [2.45, 2.75) is 46.8 Å². The van der Waals surface area contributed by atoms with Gasteiger partial charge in [0.2, 0.25) is 0 Å². The van der Waals surface area contributed by atoms with Gasteiger partial charge in [0.05, 0.1) is 17.2 Å². The lowest BCUT2D eigenvalue weighted by molar-refractivity contribution is 0.0376. The van der Waals surface area contributed by atoms with Crippen molar-refractivity contribution in [3.05, 3.63) is 53.5 Å². The largest absolute Gasteiger partial charge is 0.459 e. The van der Waals surface area contributed by atoms with Crippen molar-refractivity contribution < 1.29 is 9.53 Å². The predicted molar refractivity (Wildman–Crippen MR) is 138 cm³/mol. The van der Waals surface area contributed by atoms with Gasteiger partial charge in [-0.05, 0) is 69.6 Å². The van der Waals surface area contributed by atoms with Crippen LogP contribution in [0, 0.1) is 6.92 Å². The zero-order chi connectivity index (χ0) is 24.4. The van der Waals surface area contributed by atoms with Crippen LogP contribution in [-0.4, -0.2) is 71.0 Å². The summed E-state index contributed by atoms with van der Waals surface area (Å²) in [7, 11) is 1.87. The van der Waals surface area contributed by atoms with Crippen LogP contribution in [0.25, 0.3) is 16.6 Å². The Bertz CT molecular complexity index is 1160. The second-order valence-corrected chi connectivity index (χ2v) is 9.33. The molecule has 182 valence electrons. The first-order valence-corrected chi connectivity index (χ1v) is 12.3. The lowest BCUT2D eigenvalue weighted by Gasteiger charge is -2.38. The first-order valence-electron chi connectivity index (χ1n) is 12.3. The minimum Gasteiger partial charge on any atom is -0.459 e. The highest BCUT2D eigenvalue weighted by molar-refractivity contribution is 5.95. The molecule has 1 atom stereocenters. The van der Waals surface area contributed by atoms with E-state index in [9.17, 15) is 4.79 Å². The fourth-order valence-corrected chi connectivity index (χ4v) is 4.99. The molecule has 34 heavy (non-hydrogen) atoms. The standard InChI is InChI=1S/C27H37N5O2/c1-7-30-12-14-31(15-13-30)20(5)26-19(4)23(27(33)34-18(2)3)17-24-22(9-11-32(24)26)21-8-10-29-25(16-21)28-6/h8-11,16-18,20H,7,12-15H2,1-6H3,(H,28,29). The second-order valence-electron chi connectivity index (χ2n) is 9.33. The Morgan fingerprint density at radius 3 is 2.53 bits per heavy atom. The number of anilines is 1. The highest BCUT2D eigenvalue weighted by Crippen LogP contribution is 2.34. The van der Waals surface area contributed by atoms with E-state index in [4.69, 9.17) is 4.74 Å². The zero-order valence-corrected chi connectivity index (χ0v) is 21.3. The van der Waals surface area contributed by atoms with Crippen molar-refractivity contribution in [2.24, 2.45) is 0 Å². The number of carbonyl (C=O) groups excluding carboxylic acids is 1. The molecule has 1 aliphatic rings. The van der Waals surface area contributed by atoms with Crippen molar-refractivity contribution >= 4 is 17.3 Å². The Morgan fingerprint density at radius 1 is 1.15 bits per heavy atom. The molecule has 3 aromatic heterocycles. The molecule has 1 saturated heterocycles. The van der Waals surface area contributed by atoms with Gasteiger partial charge >= 0.3 is 5.97 Å². The average molecular weight is 464 g/mol. The molecule has 3 aromatic rings. The molecular formula is C27H37N5O2. The number of esters is 1. The molecule has 0 amide bonds. The number of piperazine rings is 1. The summed E-state index contributed by atoms with van der Waals surface area (Å²) in [4.78, 5) is 22.5. The molecule has 0 spiro atoms. The maximum Gasteiger partial charge on any atom is 0.338 e. The van der Waals surface area contributed by atoms with Gasteiger partial charge in [-0.2, -0.15) is 0 Å². The quantitative estimate of drug-likeness (QED) is 0.516.